The normalized spacial score (nSPS) is 10.9. The zero-order valence-electron chi connectivity index (χ0n) is 18.6. The van der Waals surface area contributed by atoms with Crippen LogP contribution in [0.5, 0.6) is 0 Å². The fraction of sp³-hybridized carbons (Fsp3) is 0.208. The van der Waals surface area contributed by atoms with Gasteiger partial charge in [0.05, 0.1) is 30.2 Å². The van der Waals surface area contributed by atoms with Crippen LogP contribution in [0, 0.1) is 20.8 Å². The van der Waals surface area contributed by atoms with Crippen molar-refractivity contribution >= 4 is 52.0 Å². The maximum atomic E-state index is 6.33. The molecule has 2 N–H and O–H groups in total. The number of thiocarbonyl (C=S) groups is 1. The first kappa shape index (κ1) is 23.3. The van der Waals surface area contributed by atoms with Crippen molar-refractivity contribution in [2.75, 3.05) is 10.6 Å². The van der Waals surface area contributed by atoms with Crippen LogP contribution in [-0.4, -0.2) is 24.7 Å². The third-order valence-corrected chi connectivity index (χ3v) is 6.09. The van der Waals surface area contributed by atoms with E-state index in [0.29, 0.717) is 34.1 Å². The number of benzene rings is 2. The summed E-state index contributed by atoms with van der Waals surface area (Å²) in [4.78, 5) is 0. The monoisotopic (exact) mass is 498 g/mol. The molecule has 0 spiro atoms. The largest absolute Gasteiger partial charge is 0.329 e. The summed E-state index contributed by atoms with van der Waals surface area (Å²) >= 11 is 17.9. The Labute approximate surface area is 208 Å². The van der Waals surface area contributed by atoms with E-state index in [2.05, 4.69) is 52.0 Å². The van der Waals surface area contributed by atoms with Gasteiger partial charge in [0.1, 0.15) is 0 Å². The van der Waals surface area contributed by atoms with Gasteiger partial charge in [0, 0.05) is 22.3 Å². The van der Waals surface area contributed by atoms with Crippen LogP contribution < -0.4 is 10.6 Å². The number of halogens is 2. The maximum Gasteiger partial charge on any atom is 0.176 e. The van der Waals surface area contributed by atoms with Gasteiger partial charge in [-0.2, -0.15) is 10.2 Å². The number of rotatable bonds is 6. The lowest BCUT2D eigenvalue weighted by molar-refractivity contribution is 0.659. The van der Waals surface area contributed by atoms with Gasteiger partial charge in [-0.15, -0.1) is 0 Å². The Bertz CT molecular complexity index is 1290. The molecule has 0 saturated heterocycles. The topological polar surface area (TPSA) is 59.7 Å². The van der Waals surface area contributed by atoms with Crippen molar-refractivity contribution in [1.29, 1.82) is 0 Å². The first-order valence-electron chi connectivity index (χ1n) is 10.4. The second-order valence-corrected chi connectivity index (χ2v) is 9.15. The summed E-state index contributed by atoms with van der Waals surface area (Å²) in [6.07, 6.45) is 1.93. The van der Waals surface area contributed by atoms with Gasteiger partial charge >= 0.3 is 0 Å². The molecule has 0 fully saturated rings. The fourth-order valence-electron chi connectivity index (χ4n) is 3.50. The molecule has 4 rings (SSSR count). The first-order valence-corrected chi connectivity index (χ1v) is 11.6. The summed E-state index contributed by atoms with van der Waals surface area (Å²) in [5, 5.41) is 17.3. The van der Waals surface area contributed by atoms with Gasteiger partial charge in [0.25, 0.3) is 0 Å². The average molecular weight is 499 g/mol. The van der Waals surface area contributed by atoms with Crippen LogP contribution in [0.1, 0.15) is 28.1 Å². The molecule has 170 valence electrons. The molecular formula is C24H24Cl2N6S. The molecule has 0 amide bonds. The highest BCUT2D eigenvalue weighted by Crippen LogP contribution is 2.25. The van der Waals surface area contributed by atoms with Crippen LogP contribution in [0.25, 0.3) is 0 Å². The minimum absolute atomic E-state index is 0.450. The molecule has 2 heterocycles. The van der Waals surface area contributed by atoms with Gasteiger partial charge in [-0.05, 0) is 56.2 Å². The smallest absolute Gasteiger partial charge is 0.176 e. The Balaban J connectivity index is 1.40. The Morgan fingerprint density at radius 2 is 1.70 bits per heavy atom. The number of aryl methyl sites for hydroxylation is 2. The molecule has 0 radical (unpaired) electrons. The van der Waals surface area contributed by atoms with Crippen molar-refractivity contribution < 1.29 is 0 Å². The molecule has 9 heteroatoms. The minimum Gasteiger partial charge on any atom is -0.329 e. The number of hydrogen-bond acceptors (Lipinski definition) is 3. The molecule has 33 heavy (non-hydrogen) atoms. The number of hydrogen-bond donors (Lipinski definition) is 2. The van der Waals surface area contributed by atoms with Crippen LogP contribution in [0.2, 0.25) is 10.0 Å². The Hall–Kier alpha value is -2.87. The van der Waals surface area contributed by atoms with Crippen molar-refractivity contribution in [1.82, 2.24) is 19.6 Å². The van der Waals surface area contributed by atoms with E-state index < -0.39 is 0 Å². The highest BCUT2D eigenvalue weighted by Gasteiger charge is 2.15. The summed E-state index contributed by atoms with van der Waals surface area (Å²) in [5.41, 5.74) is 6.02. The quantitative estimate of drug-likeness (QED) is 0.309. The predicted octanol–water partition coefficient (Wildman–Crippen LogP) is 6.22. The third-order valence-electron chi connectivity index (χ3n) is 5.30. The van der Waals surface area contributed by atoms with E-state index in [0.717, 1.165) is 22.6 Å². The Kier molecular flexibility index (Phi) is 7.02. The van der Waals surface area contributed by atoms with Crippen LogP contribution in [-0.2, 0) is 13.1 Å². The zero-order chi connectivity index (χ0) is 23.5. The van der Waals surface area contributed by atoms with Crippen molar-refractivity contribution in [2.45, 2.75) is 33.9 Å². The van der Waals surface area contributed by atoms with Gasteiger partial charge in [-0.3, -0.25) is 9.36 Å². The van der Waals surface area contributed by atoms with E-state index in [1.54, 1.807) is 6.07 Å². The molecule has 0 atom stereocenters. The minimum atomic E-state index is 0.450. The number of nitrogens with one attached hydrogen (secondary N) is 2. The van der Waals surface area contributed by atoms with Crippen molar-refractivity contribution in [3.8, 4) is 0 Å². The lowest BCUT2D eigenvalue weighted by Gasteiger charge is -2.10. The summed E-state index contributed by atoms with van der Waals surface area (Å²) in [6.45, 7) is 7.24. The van der Waals surface area contributed by atoms with Crippen LogP contribution in [0.4, 0.5) is 11.5 Å². The first-order chi connectivity index (χ1) is 15.8. The molecule has 0 aliphatic rings. The summed E-state index contributed by atoms with van der Waals surface area (Å²) in [5.74, 6) is 0.676. The van der Waals surface area contributed by atoms with Gasteiger partial charge in [0.15, 0.2) is 10.9 Å². The Morgan fingerprint density at radius 1 is 0.939 bits per heavy atom. The highest BCUT2D eigenvalue weighted by molar-refractivity contribution is 7.80. The van der Waals surface area contributed by atoms with E-state index >= 15 is 0 Å². The summed E-state index contributed by atoms with van der Waals surface area (Å²) < 4.78 is 3.77. The van der Waals surface area contributed by atoms with E-state index in [1.807, 2.05) is 47.6 Å². The van der Waals surface area contributed by atoms with Gasteiger partial charge in [0.2, 0.25) is 0 Å². The van der Waals surface area contributed by atoms with Crippen molar-refractivity contribution in [3.63, 3.8) is 0 Å². The molecule has 0 bridgehead atoms. The molecule has 2 aromatic carbocycles. The molecule has 0 saturated carbocycles. The lowest BCUT2D eigenvalue weighted by Crippen LogP contribution is -2.20. The Morgan fingerprint density at radius 3 is 2.42 bits per heavy atom. The van der Waals surface area contributed by atoms with E-state index in [9.17, 15) is 0 Å². The molecule has 0 aliphatic carbocycles. The van der Waals surface area contributed by atoms with Crippen LogP contribution >= 0.6 is 35.4 Å². The lowest BCUT2D eigenvalue weighted by atomic mass is 10.1. The molecule has 6 nitrogen and oxygen atoms in total. The van der Waals surface area contributed by atoms with Gasteiger partial charge in [-0.25, -0.2) is 0 Å². The van der Waals surface area contributed by atoms with E-state index in [-0.39, 0.29) is 0 Å². The predicted molar refractivity (Wildman–Crippen MR) is 140 cm³/mol. The maximum absolute atomic E-state index is 6.33. The molecule has 2 aromatic heterocycles. The second-order valence-electron chi connectivity index (χ2n) is 7.90. The van der Waals surface area contributed by atoms with Crippen LogP contribution in [0.15, 0.2) is 54.7 Å². The molecule has 0 unspecified atom stereocenters. The van der Waals surface area contributed by atoms with Crippen molar-refractivity contribution in [2.24, 2.45) is 0 Å². The molecule has 4 aromatic rings. The SMILES string of the molecule is Cc1ccc(Cn2ccc(NC(=S)Nc3c(C)nn(Cc4ccc(Cl)cc4Cl)c3C)n2)cc1. The van der Waals surface area contributed by atoms with E-state index in [4.69, 9.17) is 35.4 Å². The van der Waals surface area contributed by atoms with Crippen molar-refractivity contribution in [3.05, 3.63) is 92.9 Å². The zero-order valence-corrected chi connectivity index (χ0v) is 20.9. The molecule has 0 aliphatic heterocycles. The number of nitrogens with zero attached hydrogens (tertiary/aromatic N) is 4. The average Bonchev–Trinajstić information content (AvgIpc) is 3.30. The second kappa shape index (κ2) is 9.95. The number of aromatic nitrogens is 4. The standard InChI is InChI=1S/C24H24Cl2N6S/c1-15-4-6-18(7-5-15)13-31-11-10-22(30-31)27-24(33)28-23-16(2)29-32(17(23)3)14-19-8-9-20(25)12-21(19)26/h4-12H,13-14H2,1-3H3,(H2,27,28,30,33). The van der Waals surface area contributed by atoms with E-state index in [1.165, 1.54) is 11.1 Å². The summed E-state index contributed by atoms with van der Waals surface area (Å²) in [7, 11) is 0. The molecular weight excluding hydrogens is 475 g/mol. The van der Waals surface area contributed by atoms with Gasteiger partial charge in [-0.1, -0.05) is 59.1 Å². The highest BCUT2D eigenvalue weighted by atomic mass is 35.5. The fourth-order valence-corrected chi connectivity index (χ4v) is 4.18. The van der Waals surface area contributed by atoms with Gasteiger partial charge < -0.3 is 10.6 Å². The number of anilines is 2. The third kappa shape index (κ3) is 5.74. The summed E-state index contributed by atoms with van der Waals surface area (Å²) in [6, 6.07) is 15.8. The van der Waals surface area contributed by atoms with Crippen LogP contribution in [0.3, 0.4) is 0 Å².